The number of aliphatic hydroxyl groups is 1. The van der Waals surface area contributed by atoms with E-state index in [1.54, 1.807) is 6.07 Å². The molecule has 1 fully saturated rings. The highest BCUT2D eigenvalue weighted by molar-refractivity contribution is 7.92. The molecule has 1 saturated heterocycles. The van der Waals surface area contributed by atoms with Gasteiger partial charge in [0.1, 0.15) is 17.7 Å². The van der Waals surface area contributed by atoms with E-state index in [-0.39, 0.29) is 43.0 Å². The van der Waals surface area contributed by atoms with Crippen LogP contribution in [-0.4, -0.2) is 92.7 Å². The minimum absolute atomic E-state index is 0.0284. The number of ether oxygens (including phenoxy) is 1. The van der Waals surface area contributed by atoms with Crippen LogP contribution >= 0.6 is 0 Å². The Morgan fingerprint density at radius 3 is 2.26 bits per heavy atom. The summed E-state index contributed by atoms with van der Waals surface area (Å²) < 4.78 is 84.2. The van der Waals surface area contributed by atoms with Gasteiger partial charge < -0.3 is 25.8 Å². The quantitative estimate of drug-likeness (QED) is 0.194. The molecule has 4 N–H and O–H groups in total. The number of amides is 2. The van der Waals surface area contributed by atoms with Crippen LogP contribution in [0.5, 0.6) is 0 Å². The SMILES string of the molecule is CCCC(CCC)S(=O)(=O)CC(CNC(=O)OC1CCS(=O)(=O)C1)C(=O)N(Cc1cccc(CC)c1)C[C@@H](O)[C@@H](N)Cc1cc(F)cc(F)c1. The molecule has 4 atom stereocenters. The maximum Gasteiger partial charge on any atom is 0.407 e. The van der Waals surface area contributed by atoms with Gasteiger partial charge in [-0.3, -0.25) is 4.79 Å². The zero-order valence-electron chi connectivity index (χ0n) is 29.0. The molecule has 2 aromatic carbocycles. The highest BCUT2D eigenvalue weighted by Gasteiger charge is 2.36. The number of nitrogens with two attached hydrogens (primary N) is 1. The minimum atomic E-state index is -3.86. The molecule has 0 saturated carbocycles. The first-order valence-electron chi connectivity index (χ1n) is 17.2. The van der Waals surface area contributed by atoms with Crippen molar-refractivity contribution in [3.63, 3.8) is 0 Å². The lowest BCUT2D eigenvalue weighted by Gasteiger charge is -2.32. The Morgan fingerprint density at radius 1 is 1.04 bits per heavy atom. The molecule has 1 aliphatic heterocycles. The van der Waals surface area contributed by atoms with Gasteiger partial charge in [0, 0.05) is 31.7 Å². The lowest BCUT2D eigenvalue weighted by atomic mass is 10.0. The van der Waals surface area contributed by atoms with E-state index in [2.05, 4.69) is 5.32 Å². The smallest absolute Gasteiger partial charge is 0.407 e. The summed E-state index contributed by atoms with van der Waals surface area (Å²) in [6.07, 6.45) is -0.483. The van der Waals surface area contributed by atoms with Gasteiger partial charge in [0.05, 0.1) is 34.5 Å². The standard InChI is InChI=1S/C35H51F2N3O8S2/c1-4-8-31(9-5-2)50(46,47)22-27(19-39-35(43)48-30-12-13-49(44,45)23-30)34(42)40(20-25-11-7-10-24(6-3)14-25)21-33(41)32(38)17-26-15-28(36)18-29(37)16-26/h7,10-11,14-16,18,27,30-33,41H,4-6,8-9,12-13,17,19-23,38H2,1-3H3,(H,39,43)/t27?,30?,32-,33+/m0/s1. The maximum absolute atomic E-state index is 14.4. The molecule has 0 bridgehead atoms. The molecule has 3 rings (SSSR count). The minimum Gasteiger partial charge on any atom is -0.445 e. The fourth-order valence-electron chi connectivity index (χ4n) is 6.19. The van der Waals surface area contributed by atoms with Gasteiger partial charge in [-0.25, -0.2) is 30.4 Å². The molecule has 2 amide bonds. The van der Waals surface area contributed by atoms with Crippen LogP contribution in [0.25, 0.3) is 0 Å². The van der Waals surface area contributed by atoms with Crippen molar-refractivity contribution in [3.05, 3.63) is 70.8 Å². The van der Waals surface area contributed by atoms with Crippen LogP contribution in [0.1, 0.15) is 69.6 Å². The average molecular weight is 744 g/mol. The monoisotopic (exact) mass is 743 g/mol. The number of alkyl carbamates (subject to hydrolysis) is 1. The Balaban J connectivity index is 1.92. The van der Waals surface area contributed by atoms with Crippen molar-refractivity contribution in [2.24, 2.45) is 11.7 Å². The third-order valence-corrected chi connectivity index (χ3v) is 12.9. The zero-order chi connectivity index (χ0) is 37.1. The normalized spacial score (nSPS) is 17.6. The summed E-state index contributed by atoms with van der Waals surface area (Å²) in [5, 5.41) is 13.0. The van der Waals surface area contributed by atoms with Crippen molar-refractivity contribution in [2.45, 2.75) is 95.8 Å². The number of halogens is 2. The van der Waals surface area contributed by atoms with Gasteiger partial charge in [0.25, 0.3) is 0 Å². The summed E-state index contributed by atoms with van der Waals surface area (Å²) in [6, 6.07) is 9.28. The predicted octanol–water partition coefficient (Wildman–Crippen LogP) is 3.70. The fraction of sp³-hybridized carbons (Fsp3) is 0.600. The van der Waals surface area contributed by atoms with E-state index in [0.717, 1.165) is 23.8 Å². The number of sulfone groups is 2. The number of aliphatic hydroxyl groups excluding tert-OH is 1. The van der Waals surface area contributed by atoms with Crippen molar-refractivity contribution >= 4 is 31.7 Å². The lowest BCUT2D eigenvalue weighted by molar-refractivity contribution is -0.137. The van der Waals surface area contributed by atoms with E-state index in [1.165, 1.54) is 4.90 Å². The predicted molar refractivity (Wildman–Crippen MR) is 188 cm³/mol. The third kappa shape index (κ3) is 12.9. The van der Waals surface area contributed by atoms with E-state index in [1.807, 2.05) is 39.0 Å². The molecule has 2 aromatic rings. The van der Waals surface area contributed by atoms with Crippen LogP contribution in [0.2, 0.25) is 0 Å². The molecule has 0 radical (unpaired) electrons. The zero-order valence-corrected chi connectivity index (χ0v) is 30.7. The maximum atomic E-state index is 14.4. The molecule has 50 heavy (non-hydrogen) atoms. The van der Waals surface area contributed by atoms with Crippen LogP contribution in [-0.2, 0) is 48.6 Å². The Hall–Kier alpha value is -3.14. The second-order valence-corrected chi connectivity index (χ2v) is 17.7. The van der Waals surface area contributed by atoms with Crippen molar-refractivity contribution < 1.29 is 45.0 Å². The van der Waals surface area contributed by atoms with E-state index in [4.69, 9.17) is 10.5 Å². The number of nitrogens with one attached hydrogen (secondary N) is 1. The number of carbonyl (C=O) groups is 2. The van der Waals surface area contributed by atoms with Crippen molar-refractivity contribution in [1.82, 2.24) is 10.2 Å². The van der Waals surface area contributed by atoms with Crippen LogP contribution in [0, 0.1) is 17.6 Å². The number of benzene rings is 2. The molecular formula is C35H51F2N3O8S2. The van der Waals surface area contributed by atoms with Crippen LogP contribution < -0.4 is 11.1 Å². The molecule has 0 aromatic heterocycles. The van der Waals surface area contributed by atoms with Crippen molar-refractivity contribution in [1.29, 1.82) is 0 Å². The Bertz CT molecular complexity index is 1630. The largest absolute Gasteiger partial charge is 0.445 e. The molecule has 11 nitrogen and oxygen atoms in total. The van der Waals surface area contributed by atoms with E-state index in [9.17, 15) is 40.3 Å². The van der Waals surface area contributed by atoms with E-state index in [0.29, 0.717) is 37.7 Å². The molecule has 0 aliphatic carbocycles. The lowest BCUT2D eigenvalue weighted by Crippen LogP contribution is -2.50. The second kappa shape index (κ2) is 18.9. The van der Waals surface area contributed by atoms with Crippen LogP contribution in [0.15, 0.2) is 42.5 Å². The van der Waals surface area contributed by atoms with Crippen molar-refractivity contribution in [2.75, 3.05) is 30.3 Å². The molecule has 2 unspecified atom stereocenters. The van der Waals surface area contributed by atoms with Gasteiger partial charge in [0.15, 0.2) is 19.7 Å². The summed E-state index contributed by atoms with van der Waals surface area (Å²) in [6.45, 7) is 4.90. The van der Waals surface area contributed by atoms with Gasteiger partial charge in [0.2, 0.25) is 5.91 Å². The van der Waals surface area contributed by atoms with Gasteiger partial charge >= 0.3 is 6.09 Å². The van der Waals surface area contributed by atoms with Crippen LogP contribution in [0.3, 0.4) is 0 Å². The third-order valence-electron chi connectivity index (χ3n) is 8.85. The molecule has 280 valence electrons. The first-order chi connectivity index (χ1) is 23.5. The number of hydrogen-bond acceptors (Lipinski definition) is 9. The van der Waals surface area contributed by atoms with Crippen LogP contribution in [0.4, 0.5) is 13.6 Å². The highest BCUT2D eigenvalue weighted by Crippen LogP contribution is 2.22. The number of hydrogen-bond donors (Lipinski definition) is 3. The van der Waals surface area contributed by atoms with E-state index < -0.39 is 85.0 Å². The number of nitrogens with zero attached hydrogens (tertiary/aromatic N) is 1. The number of aryl methyl sites for hydroxylation is 1. The van der Waals surface area contributed by atoms with Gasteiger partial charge in [-0.2, -0.15) is 0 Å². The Morgan fingerprint density at radius 2 is 1.68 bits per heavy atom. The van der Waals surface area contributed by atoms with E-state index >= 15 is 0 Å². The van der Waals surface area contributed by atoms with Crippen molar-refractivity contribution in [3.8, 4) is 0 Å². The van der Waals surface area contributed by atoms with Gasteiger partial charge in [-0.05, 0) is 60.9 Å². The summed E-state index contributed by atoms with van der Waals surface area (Å²) in [5.41, 5.74) is 8.17. The molecule has 0 spiro atoms. The summed E-state index contributed by atoms with van der Waals surface area (Å²) in [5.74, 6) is -4.61. The molecule has 1 aliphatic rings. The van der Waals surface area contributed by atoms with Gasteiger partial charge in [-0.1, -0.05) is 57.9 Å². The highest BCUT2D eigenvalue weighted by atomic mass is 32.2. The fourth-order valence-corrected chi connectivity index (χ4v) is 10.1. The molecule has 15 heteroatoms. The first-order valence-corrected chi connectivity index (χ1v) is 20.7. The van der Waals surface area contributed by atoms with Gasteiger partial charge in [-0.15, -0.1) is 0 Å². The summed E-state index contributed by atoms with van der Waals surface area (Å²) in [4.78, 5) is 28.4. The first kappa shape index (κ1) is 41.3. The number of rotatable bonds is 19. The molecular weight excluding hydrogens is 693 g/mol. The number of carbonyl (C=O) groups excluding carboxylic acids is 2. The Labute approximate surface area is 294 Å². The Kier molecular flexibility index (Phi) is 15.6. The average Bonchev–Trinajstić information content (AvgIpc) is 3.39. The second-order valence-electron chi connectivity index (χ2n) is 13.1. The topological polar surface area (TPSA) is 173 Å². The summed E-state index contributed by atoms with van der Waals surface area (Å²) in [7, 11) is -7.20. The summed E-state index contributed by atoms with van der Waals surface area (Å²) >= 11 is 0. The molecule has 1 heterocycles.